The van der Waals surface area contributed by atoms with Gasteiger partial charge in [-0.2, -0.15) is 0 Å². The van der Waals surface area contributed by atoms with Crippen molar-refractivity contribution in [3.8, 4) is 0 Å². The Labute approximate surface area is 122 Å². The fourth-order valence-electron chi connectivity index (χ4n) is 3.41. The molecule has 1 aliphatic rings. The van der Waals surface area contributed by atoms with Crippen LogP contribution in [0.1, 0.15) is 60.3 Å². The van der Waals surface area contributed by atoms with Crippen molar-refractivity contribution < 1.29 is 14.7 Å². The first kappa shape index (κ1) is 17.0. The summed E-state index contributed by atoms with van der Waals surface area (Å²) in [7, 11) is 0. The van der Waals surface area contributed by atoms with Gasteiger partial charge in [0.2, 0.25) is 5.91 Å². The summed E-state index contributed by atoms with van der Waals surface area (Å²) < 4.78 is 0. The molecular weight excluding hydrogens is 254 g/mol. The minimum Gasteiger partial charge on any atom is -0.481 e. The number of aliphatic carboxylic acids is 1. The number of amides is 1. The third kappa shape index (κ3) is 2.70. The van der Waals surface area contributed by atoms with Gasteiger partial charge in [0.15, 0.2) is 0 Å². The second-order valence-electron chi connectivity index (χ2n) is 6.78. The van der Waals surface area contributed by atoms with Crippen molar-refractivity contribution in [1.82, 2.24) is 4.90 Å². The van der Waals surface area contributed by atoms with Gasteiger partial charge in [0.1, 0.15) is 0 Å². The van der Waals surface area contributed by atoms with E-state index in [2.05, 4.69) is 13.8 Å². The number of carbonyl (C=O) groups is 2. The summed E-state index contributed by atoms with van der Waals surface area (Å²) >= 11 is 0. The Balaban J connectivity index is 2.97. The molecule has 2 atom stereocenters. The van der Waals surface area contributed by atoms with Crippen LogP contribution in [0.5, 0.6) is 0 Å². The normalized spacial score (nSPS) is 28.4. The Kier molecular flexibility index (Phi) is 5.22. The highest BCUT2D eigenvalue weighted by Crippen LogP contribution is 2.56. The second kappa shape index (κ2) is 6.15. The van der Waals surface area contributed by atoms with E-state index in [9.17, 15) is 14.7 Å². The molecule has 0 heterocycles. The van der Waals surface area contributed by atoms with Gasteiger partial charge in [0.05, 0.1) is 5.41 Å². The molecule has 116 valence electrons. The lowest BCUT2D eigenvalue weighted by atomic mass is 9.65. The van der Waals surface area contributed by atoms with Crippen LogP contribution in [0.3, 0.4) is 0 Å². The van der Waals surface area contributed by atoms with Crippen molar-refractivity contribution in [2.45, 2.75) is 60.3 Å². The number of hydrogen-bond donors (Lipinski definition) is 1. The molecule has 20 heavy (non-hydrogen) atoms. The maximum Gasteiger partial charge on any atom is 0.309 e. The van der Waals surface area contributed by atoms with E-state index in [0.717, 1.165) is 25.9 Å². The third-order valence-electron chi connectivity index (χ3n) is 5.30. The lowest BCUT2D eigenvalue weighted by molar-refractivity contribution is -0.156. The first-order chi connectivity index (χ1) is 9.22. The average molecular weight is 283 g/mol. The van der Waals surface area contributed by atoms with E-state index in [0.29, 0.717) is 12.8 Å². The van der Waals surface area contributed by atoms with Crippen LogP contribution in [-0.2, 0) is 9.59 Å². The maximum absolute atomic E-state index is 12.8. The fraction of sp³-hybridized carbons (Fsp3) is 0.875. The topological polar surface area (TPSA) is 57.6 Å². The predicted molar refractivity (Wildman–Crippen MR) is 79.4 cm³/mol. The monoisotopic (exact) mass is 283 g/mol. The molecule has 0 aromatic heterocycles. The van der Waals surface area contributed by atoms with Crippen LogP contribution in [0, 0.1) is 16.7 Å². The van der Waals surface area contributed by atoms with Gasteiger partial charge in [-0.25, -0.2) is 0 Å². The molecule has 0 saturated heterocycles. The van der Waals surface area contributed by atoms with Gasteiger partial charge in [-0.05, 0) is 38.0 Å². The van der Waals surface area contributed by atoms with Crippen LogP contribution >= 0.6 is 0 Å². The number of rotatable bonds is 6. The summed E-state index contributed by atoms with van der Waals surface area (Å²) in [6.45, 7) is 11.3. The summed E-state index contributed by atoms with van der Waals surface area (Å²) in [5, 5.41) is 9.53. The smallest absolute Gasteiger partial charge is 0.309 e. The zero-order chi connectivity index (χ0) is 15.6. The number of nitrogens with zero attached hydrogens (tertiary/aromatic N) is 1. The number of carboxylic acids is 1. The van der Waals surface area contributed by atoms with E-state index in [4.69, 9.17) is 0 Å². The Morgan fingerprint density at radius 2 is 1.65 bits per heavy atom. The Morgan fingerprint density at radius 3 is 2.00 bits per heavy atom. The average Bonchev–Trinajstić information content (AvgIpc) is 2.61. The zero-order valence-corrected chi connectivity index (χ0v) is 13.5. The molecule has 0 bridgehead atoms. The molecule has 1 N–H and O–H groups in total. The van der Waals surface area contributed by atoms with Crippen molar-refractivity contribution in [3.63, 3.8) is 0 Å². The van der Waals surface area contributed by atoms with Crippen LogP contribution in [0.4, 0.5) is 0 Å². The molecule has 4 heteroatoms. The summed E-state index contributed by atoms with van der Waals surface area (Å²) in [5.41, 5.74) is -1.31. The Bertz CT molecular complexity index is 372. The SMILES string of the molecule is CCCN(CCC)C(=O)C1CCC(C)(C(=O)O)C1(C)C. The molecular formula is C16H29NO3. The lowest BCUT2D eigenvalue weighted by Gasteiger charge is -2.39. The van der Waals surface area contributed by atoms with Crippen LogP contribution < -0.4 is 0 Å². The van der Waals surface area contributed by atoms with Crippen molar-refractivity contribution in [3.05, 3.63) is 0 Å². The summed E-state index contributed by atoms with van der Waals surface area (Å²) in [5.74, 6) is -0.819. The molecule has 0 spiro atoms. The van der Waals surface area contributed by atoms with E-state index in [1.54, 1.807) is 6.92 Å². The largest absolute Gasteiger partial charge is 0.481 e. The van der Waals surface area contributed by atoms with Crippen LogP contribution in [0.15, 0.2) is 0 Å². The number of carbonyl (C=O) groups excluding carboxylic acids is 1. The minimum absolute atomic E-state index is 0.142. The number of carboxylic acid groups (broad SMARTS) is 1. The molecule has 1 aliphatic carbocycles. The van der Waals surface area contributed by atoms with Crippen LogP contribution in [0.25, 0.3) is 0 Å². The van der Waals surface area contributed by atoms with Gasteiger partial charge in [0.25, 0.3) is 0 Å². The molecule has 4 nitrogen and oxygen atoms in total. The van der Waals surface area contributed by atoms with Crippen molar-refractivity contribution in [2.24, 2.45) is 16.7 Å². The van der Waals surface area contributed by atoms with Crippen molar-refractivity contribution in [1.29, 1.82) is 0 Å². The van der Waals surface area contributed by atoms with E-state index in [1.165, 1.54) is 0 Å². The van der Waals surface area contributed by atoms with Gasteiger partial charge >= 0.3 is 5.97 Å². The molecule has 2 unspecified atom stereocenters. The molecule has 0 aromatic rings. The highest BCUT2D eigenvalue weighted by atomic mass is 16.4. The first-order valence-electron chi connectivity index (χ1n) is 7.74. The molecule has 1 amide bonds. The number of hydrogen-bond acceptors (Lipinski definition) is 2. The molecule has 1 rings (SSSR count). The van der Waals surface area contributed by atoms with E-state index in [1.807, 2.05) is 18.7 Å². The lowest BCUT2D eigenvalue weighted by Crippen LogP contribution is -2.47. The Hall–Kier alpha value is -1.06. The van der Waals surface area contributed by atoms with E-state index >= 15 is 0 Å². The van der Waals surface area contributed by atoms with Gasteiger partial charge in [-0.3, -0.25) is 9.59 Å². The van der Waals surface area contributed by atoms with Gasteiger partial charge < -0.3 is 10.0 Å². The predicted octanol–water partition coefficient (Wildman–Crippen LogP) is 3.16. The fourth-order valence-corrected chi connectivity index (χ4v) is 3.41. The molecule has 0 aliphatic heterocycles. The van der Waals surface area contributed by atoms with Gasteiger partial charge in [0, 0.05) is 19.0 Å². The molecule has 1 fully saturated rings. The molecule has 0 radical (unpaired) electrons. The molecule has 1 saturated carbocycles. The quantitative estimate of drug-likeness (QED) is 0.814. The van der Waals surface area contributed by atoms with Crippen LogP contribution in [-0.4, -0.2) is 35.0 Å². The highest BCUT2D eigenvalue weighted by Gasteiger charge is 2.58. The summed E-state index contributed by atoms with van der Waals surface area (Å²) in [4.78, 5) is 26.3. The molecule has 0 aromatic carbocycles. The van der Waals surface area contributed by atoms with Crippen molar-refractivity contribution in [2.75, 3.05) is 13.1 Å². The van der Waals surface area contributed by atoms with Gasteiger partial charge in [-0.15, -0.1) is 0 Å². The van der Waals surface area contributed by atoms with Gasteiger partial charge in [-0.1, -0.05) is 27.7 Å². The summed E-state index contributed by atoms with van der Waals surface area (Å²) in [6.07, 6.45) is 3.14. The zero-order valence-electron chi connectivity index (χ0n) is 13.5. The highest BCUT2D eigenvalue weighted by molar-refractivity contribution is 5.84. The van der Waals surface area contributed by atoms with Crippen LogP contribution in [0.2, 0.25) is 0 Å². The van der Waals surface area contributed by atoms with E-state index in [-0.39, 0.29) is 11.8 Å². The first-order valence-corrected chi connectivity index (χ1v) is 7.74. The minimum atomic E-state index is -0.808. The van der Waals surface area contributed by atoms with E-state index < -0.39 is 16.8 Å². The second-order valence-corrected chi connectivity index (χ2v) is 6.78. The third-order valence-corrected chi connectivity index (χ3v) is 5.30. The summed E-state index contributed by atoms with van der Waals surface area (Å²) in [6, 6.07) is 0. The standard InChI is InChI=1S/C16H29NO3/c1-6-10-17(11-7-2)13(18)12-8-9-16(5,14(19)20)15(12,3)4/h12H,6-11H2,1-5H3,(H,19,20). The Morgan fingerprint density at radius 1 is 1.15 bits per heavy atom. The van der Waals surface area contributed by atoms with Crippen molar-refractivity contribution >= 4 is 11.9 Å². The maximum atomic E-state index is 12.8.